The van der Waals surface area contributed by atoms with Crippen LogP contribution in [0.4, 0.5) is 0 Å². The second-order valence-electron chi connectivity index (χ2n) is 5.47. The minimum Gasteiger partial charge on any atom is -0.383 e. The summed E-state index contributed by atoms with van der Waals surface area (Å²) in [6.45, 7) is 3.57. The maximum atomic E-state index is 11.7. The Hall–Kier alpha value is -0.570. The summed E-state index contributed by atoms with van der Waals surface area (Å²) in [6, 6.07) is 0.126. The lowest BCUT2D eigenvalue weighted by molar-refractivity contribution is -0.121. The average Bonchev–Trinajstić information content (AvgIpc) is 2.87. The van der Waals surface area contributed by atoms with E-state index in [1.807, 2.05) is 6.92 Å². The average molecular weight is 412 g/mol. The second kappa shape index (κ2) is 12.0. The zero-order valence-electron chi connectivity index (χ0n) is 13.1. The van der Waals surface area contributed by atoms with Gasteiger partial charge in [0.25, 0.3) is 0 Å². The van der Waals surface area contributed by atoms with Crippen molar-refractivity contribution in [2.45, 2.75) is 45.1 Å². The van der Waals surface area contributed by atoms with Gasteiger partial charge < -0.3 is 21.1 Å². The molecule has 1 amide bonds. The van der Waals surface area contributed by atoms with Crippen LogP contribution in [0.1, 0.15) is 39.0 Å². The number of nitrogens with zero attached hydrogens (tertiary/aromatic N) is 1. The summed E-state index contributed by atoms with van der Waals surface area (Å²) in [5, 5.41) is 5.91. The molecule has 0 heterocycles. The number of nitrogens with one attached hydrogen (secondary N) is 2. The van der Waals surface area contributed by atoms with Gasteiger partial charge in [-0.2, -0.15) is 0 Å². The van der Waals surface area contributed by atoms with E-state index in [-0.39, 0.29) is 35.9 Å². The van der Waals surface area contributed by atoms with E-state index in [0.717, 1.165) is 0 Å². The number of amides is 1. The van der Waals surface area contributed by atoms with E-state index in [1.165, 1.54) is 25.7 Å². The molecule has 7 heteroatoms. The van der Waals surface area contributed by atoms with Gasteiger partial charge in [0.05, 0.1) is 13.2 Å². The molecule has 1 fully saturated rings. The Balaban J connectivity index is 0.00000400. The van der Waals surface area contributed by atoms with Crippen molar-refractivity contribution in [2.24, 2.45) is 16.6 Å². The summed E-state index contributed by atoms with van der Waals surface area (Å²) in [6.07, 6.45) is 5.58. The molecule has 1 unspecified atom stereocenters. The van der Waals surface area contributed by atoms with Crippen molar-refractivity contribution < 1.29 is 9.53 Å². The van der Waals surface area contributed by atoms with Crippen LogP contribution in [-0.2, 0) is 9.53 Å². The van der Waals surface area contributed by atoms with E-state index in [9.17, 15) is 4.79 Å². The van der Waals surface area contributed by atoms with E-state index in [2.05, 4.69) is 15.6 Å². The van der Waals surface area contributed by atoms with Crippen LogP contribution in [0.25, 0.3) is 0 Å². The lowest BCUT2D eigenvalue weighted by Gasteiger charge is -2.13. The number of halogens is 1. The van der Waals surface area contributed by atoms with Gasteiger partial charge in [-0.15, -0.1) is 24.0 Å². The first-order chi connectivity index (χ1) is 9.61. The van der Waals surface area contributed by atoms with Crippen LogP contribution in [0.3, 0.4) is 0 Å². The van der Waals surface area contributed by atoms with Crippen molar-refractivity contribution in [1.82, 2.24) is 10.6 Å². The first kappa shape index (κ1) is 20.4. The first-order valence-corrected chi connectivity index (χ1v) is 7.44. The van der Waals surface area contributed by atoms with Crippen LogP contribution in [0.5, 0.6) is 0 Å². The number of guanidine groups is 1. The fourth-order valence-corrected chi connectivity index (χ4v) is 2.51. The minimum absolute atomic E-state index is 0. The quantitative estimate of drug-likeness (QED) is 0.242. The predicted octanol–water partition coefficient (Wildman–Crippen LogP) is 1.24. The smallest absolute Gasteiger partial charge is 0.220 e. The van der Waals surface area contributed by atoms with Crippen LogP contribution in [0.15, 0.2) is 4.99 Å². The van der Waals surface area contributed by atoms with Crippen molar-refractivity contribution in [2.75, 3.05) is 26.8 Å². The van der Waals surface area contributed by atoms with Crippen molar-refractivity contribution in [3.8, 4) is 0 Å². The molecular formula is C14H29IN4O2. The molecule has 0 aliphatic heterocycles. The molecule has 6 nitrogen and oxygen atoms in total. The molecule has 4 N–H and O–H groups in total. The highest BCUT2D eigenvalue weighted by atomic mass is 127. The summed E-state index contributed by atoms with van der Waals surface area (Å²) in [5.74, 6) is 1.10. The molecule has 0 aromatic heterocycles. The molecule has 124 valence electrons. The van der Waals surface area contributed by atoms with E-state index >= 15 is 0 Å². The van der Waals surface area contributed by atoms with Gasteiger partial charge in [-0.25, -0.2) is 0 Å². The molecule has 1 aliphatic carbocycles. The second-order valence-corrected chi connectivity index (χ2v) is 5.47. The first-order valence-electron chi connectivity index (χ1n) is 7.44. The van der Waals surface area contributed by atoms with Crippen LogP contribution >= 0.6 is 24.0 Å². The van der Waals surface area contributed by atoms with E-state index in [4.69, 9.17) is 10.5 Å². The Labute approximate surface area is 144 Å². The zero-order chi connectivity index (χ0) is 14.8. The molecule has 1 aliphatic rings. The number of rotatable bonds is 8. The molecule has 0 aromatic carbocycles. The third kappa shape index (κ3) is 9.89. The predicted molar refractivity (Wildman–Crippen MR) is 96.0 cm³/mol. The molecule has 0 radical (unpaired) electrons. The molecular weight excluding hydrogens is 383 g/mol. The zero-order valence-corrected chi connectivity index (χ0v) is 15.4. The van der Waals surface area contributed by atoms with Crippen LogP contribution in [-0.4, -0.2) is 44.7 Å². The number of carbonyl (C=O) groups is 1. The van der Waals surface area contributed by atoms with E-state index in [1.54, 1.807) is 7.11 Å². The summed E-state index contributed by atoms with van der Waals surface area (Å²) < 4.78 is 4.99. The molecule has 1 atom stereocenters. The Morgan fingerprint density at radius 3 is 2.71 bits per heavy atom. The fraction of sp³-hybridized carbons (Fsp3) is 0.857. The normalized spacial score (nSPS) is 17.1. The number of nitrogens with two attached hydrogens (primary N) is 1. The van der Waals surface area contributed by atoms with Crippen molar-refractivity contribution >= 4 is 35.8 Å². The van der Waals surface area contributed by atoms with Gasteiger partial charge in [0.1, 0.15) is 0 Å². The Morgan fingerprint density at radius 2 is 2.10 bits per heavy atom. The van der Waals surface area contributed by atoms with E-state index in [0.29, 0.717) is 38.0 Å². The standard InChI is InChI=1S/C14H28N4O2.HI/c1-11(10-20-2)18-14(15)17-8-7-16-13(19)9-12-5-3-4-6-12;/h11-12H,3-10H2,1-2H3,(H,16,19)(H3,15,17,18);1H. The van der Waals surface area contributed by atoms with Gasteiger partial charge in [0, 0.05) is 26.1 Å². The molecule has 1 rings (SSSR count). The van der Waals surface area contributed by atoms with Crippen LogP contribution in [0, 0.1) is 5.92 Å². The number of ether oxygens (including phenoxy) is 1. The molecule has 21 heavy (non-hydrogen) atoms. The molecule has 0 saturated heterocycles. The van der Waals surface area contributed by atoms with Crippen LogP contribution in [0.2, 0.25) is 0 Å². The third-order valence-electron chi connectivity index (χ3n) is 3.48. The maximum absolute atomic E-state index is 11.7. The number of hydrogen-bond acceptors (Lipinski definition) is 3. The summed E-state index contributed by atoms with van der Waals surface area (Å²) in [5.41, 5.74) is 5.72. The molecule has 0 bridgehead atoms. The Kier molecular flexibility index (Phi) is 11.7. The Bertz CT molecular complexity index is 320. The number of aliphatic imine (C=N–C) groups is 1. The third-order valence-corrected chi connectivity index (χ3v) is 3.48. The molecule has 0 aromatic rings. The summed E-state index contributed by atoms with van der Waals surface area (Å²) >= 11 is 0. The van der Waals surface area contributed by atoms with Crippen molar-refractivity contribution in [3.63, 3.8) is 0 Å². The van der Waals surface area contributed by atoms with Gasteiger partial charge in [-0.1, -0.05) is 12.8 Å². The molecule has 1 saturated carbocycles. The summed E-state index contributed by atoms with van der Waals surface area (Å²) in [4.78, 5) is 15.8. The van der Waals surface area contributed by atoms with Crippen molar-refractivity contribution in [3.05, 3.63) is 0 Å². The lowest BCUT2D eigenvalue weighted by Crippen LogP contribution is -2.41. The van der Waals surface area contributed by atoms with Gasteiger partial charge in [-0.3, -0.25) is 9.79 Å². The largest absolute Gasteiger partial charge is 0.383 e. The summed E-state index contributed by atoms with van der Waals surface area (Å²) in [7, 11) is 1.64. The Morgan fingerprint density at radius 1 is 1.43 bits per heavy atom. The van der Waals surface area contributed by atoms with E-state index < -0.39 is 0 Å². The maximum Gasteiger partial charge on any atom is 0.220 e. The SMILES string of the molecule is COCC(C)NC(N)=NCCNC(=O)CC1CCCC1.I. The van der Waals surface area contributed by atoms with Crippen molar-refractivity contribution in [1.29, 1.82) is 0 Å². The van der Waals surface area contributed by atoms with Gasteiger partial charge in [0.15, 0.2) is 5.96 Å². The lowest BCUT2D eigenvalue weighted by atomic mass is 10.0. The fourth-order valence-electron chi connectivity index (χ4n) is 2.51. The highest BCUT2D eigenvalue weighted by Gasteiger charge is 2.17. The minimum atomic E-state index is 0. The highest BCUT2D eigenvalue weighted by Crippen LogP contribution is 2.27. The van der Waals surface area contributed by atoms with Gasteiger partial charge >= 0.3 is 0 Å². The number of carbonyl (C=O) groups excluding carboxylic acids is 1. The number of hydrogen-bond donors (Lipinski definition) is 3. The number of methoxy groups -OCH3 is 1. The van der Waals surface area contributed by atoms with Gasteiger partial charge in [0.2, 0.25) is 5.91 Å². The molecule has 0 spiro atoms. The van der Waals surface area contributed by atoms with Gasteiger partial charge in [-0.05, 0) is 25.7 Å². The van der Waals surface area contributed by atoms with Crippen LogP contribution < -0.4 is 16.4 Å². The monoisotopic (exact) mass is 412 g/mol. The highest BCUT2D eigenvalue weighted by molar-refractivity contribution is 14.0. The topological polar surface area (TPSA) is 88.7 Å².